The number of aromatic nitrogens is 1. The number of ether oxygens (including phenoxy) is 1. The molecular weight excluding hydrogens is 497 g/mol. The van der Waals surface area contributed by atoms with Crippen LogP contribution in [-0.2, 0) is 0 Å². The maximum Gasteiger partial charge on any atom is 0.387 e. The van der Waals surface area contributed by atoms with Crippen molar-refractivity contribution in [3.63, 3.8) is 0 Å². The molecule has 0 saturated heterocycles. The summed E-state index contributed by atoms with van der Waals surface area (Å²) in [5.41, 5.74) is 0.946. The third-order valence-electron chi connectivity index (χ3n) is 3.70. The first-order chi connectivity index (χ1) is 13.2. The van der Waals surface area contributed by atoms with Crippen LogP contribution in [-0.4, -0.2) is 11.6 Å². The zero-order valence-electron chi connectivity index (χ0n) is 13.4. The van der Waals surface area contributed by atoms with Crippen molar-refractivity contribution in [1.29, 1.82) is 0 Å². The number of benzene rings is 2. The zero-order valence-corrected chi connectivity index (χ0v) is 18.0. The molecule has 0 N–H and O–H groups in total. The minimum Gasteiger partial charge on any atom is -0.433 e. The molecule has 0 aliphatic carbocycles. The second-order valence-electron chi connectivity index (χ2n) is 5.43. The fourth-order valence-corrected chi connectivity index (χ4v) is 3.80. The molecular formula is C18H7Cl6F2NO. The molecule has 1 heterocycles. The van der Waals surface area contributed by atoms with Gasteiger partial charge in [-0.3, -0.25) is 4.98 Å². The average molecular weight is 504 g/mol. The van der Waals surface area contributed by atoms with Crippen molar-refractivity contribution in [2.75, 3.05) is 0 Å². The van der Waals surface area contributed by atoms with Gasteiger partial charge < -0.3 is 4.74 Å². The molecule has 0 aliphatic rings. The predicted octanol–water partition coefficient (Wildman–Crippen LogP) is 8.94. The van der Waals surface area contributed by atoms with Gasteiger partial charge in [-0.1, -0.05) is 69.6 Å². The molecule has 0 amide bonds. The third-order valence-corrected chi connectivity index (χ3v) is 5.77. The van der Waals surface area contributed by atoms with Crippen molar-refractivity contribution in [1.82, 2.24) is 4.98 Å². The molecule has 146 valence electrons. The Labute approximate surface area is 188 Å². The highest BCUT2D eigenvalue weighted by atomic mass is 35.5. The normalized spacial score (nSPS) is 11.2. The lowest BCUT2D eigenvalue weighted by atomic mass is 10.00. The number of nitrogens with zero attached hydrogens (tertiary/aromatic N) is 1. The van der Waals surface area contributed by atoms with E-state index in [1.807, 2.05) is 0 Å². The number of hydrogen-bond acceptors (Lipinski definition) is 2. The monoisotopic (exact) mass is 501 g/mol. The highest BCUT2D eigenvalue weighted by Gasteiger charge is 2.22. The molecule has 10 heteroatoms. The van der Waals surface area contributed by atoms with Gasteiger partial charge in [-0.05, 0) is 24.3 Å². The predicted molar refractivity (Wildman–Crippen MR) is 112 cm³/mol. The Morgan fingerprint density at radius 2 is 1.00 bits per heavy atom. The molecule has 0 spiro atoms. The van der Waals surface area contributed by atoms with E-state index < -0.39 is 6.61 Å². The minimum atomic E-state index is -3.12. The van der Waals surface area contributed by atoms with Gasteiger partial charge >= 0.3 is 6.61 Å². The van der Waals surface area contributed by atoms with E-state index >= 15 is 0 Å². The molecule has 2 nitrogen and oxygen atoms in total. The molecule has 0 aliphatic heterocycles. The van der Waals surface area contributed by atoms with Crippen LogP contribution in [0.5, 0.6) is 5.75 Å². The Morgan fingerprint density at radius 3 is 1.39 bits per heavy atom. The Morgan fingerprint density at radius 1 is 0.607 bits per heavy atom. The summed E-state index contributed by atoms with van der Waals surface area (Å²) in [4.78, 5) is 4.10. The standard InChI is InChI=1S/C18H7Cl6F2NO/c19-11-3-15(23)13(21)1-7(11)9-5-27-6-10(17(9)28-18(25)26)8-2-14(22)16(24)4-12(8)20/h1-6,18H. The van der Waals surface area contributed by atoms with Crippen molar-refractivity contribution < 1.29 is 13.5 Å². The summed E-state index contributed by atoms with van der Waals surface area (Å²) in [5.74, 6) is -0.203. The second-order valence-corrected chi connectivity index (χ2v) is 7.88. The van der Waals surface area contributed by atoms with E-state index in [-0.39, 0.29) is 47.0 Å². The van der Waals surface area contributed by atoms with Crippen LogP contribution in [0.3, 0.4) is 0 Å². The zero-order chi connectivity index (χ0) is 20.6. The van der Waals surface area contributed by atoms with E-state index in [0.717, 1.165) is 0 Å². The summed E-state index contributed by atoms with van der Waals surface area (Å²) in [6.45, 7) is -3.12. The van der Waals surface area contributed by atoms with Gasteiger partial charge in [0.2, 0.25) is 0 Å². The quantitative estimate of drug-likeness (QED) is 0.331. The largest absolute Gasteiger partial charge is 0.433 e. The first-order valence-corrected chi connectivity index (χ1v) is 9.68. The highest BCUT2D eigenvalue weighted by molar-refractivity contribution is 6.45. The van der Waals surface area contributed by atoms with Crippen LogP contribution in [0.2, 0.25) is 30.1 Å². The van der Waals surface area contributed by atoms with Crippen molar-refractivity contribution in [2.45, 2.75) is 6.61 Å². The lowest BCUT2D eigenvalue weighted by Crippen LogP contribution is -2.05. The molecule has 0 atom stereocenters. The van der Waals surface area contributed by atoms with Crippen LogP contribution in [0.25, 0.3) is 22.3 Å². The fraction of sp³-hybridized carbons (Fsp3) is 0.0556. The number of rotatable bonds is 4. The molecule has 0 saturated carbocycles. The van der Waals surface area contributed by atoms with Crippen LogP contribution in [0.15, 0.2) is 36.7 Å². The molecule has 3 rings (SSSR count). The Bertz CT molecular complexity index is 985. The summed E-state index contributed by atoms with van der Waals surface area (Å²) >= 11 is 36.5. The summed E-state index contributed by atoms with van der Waals surface area (Å²) in [6.07, 6.45) is 2.64. The van der Waals surface area contributed by atoms with Crippen LogP contribution in [0.4, 0.5) is 8.78 Å². The number of pyridine rings is 1. The Kier molecular flexibility index (Phi) is 6.80. The van der Waals surface area contributed by atoms with Crippen molar-refractivity contribution >= 4 is 69.6 Å². The topological polar surface area (TPSA) is 22.1 Å². The Balaban J connectivity index is 2.31. The first kappa shape index (κ1) is 21.7. The van der Waals surface area contributed by atoms with Gasteiger partial charge in [0.15, 0.2) is 0 Å². The molecule has 0 fully saturated rings. The minimum absolute atomic E-state index is 0.170. The van der Waals surface area contributed by atoms with E-state index in [0.29, 0.717) is 11.1 Å². The van der Waals surface area contributed by atoms with Crippen LogP contribution in [0, 0.1) is 0 Å². The van der Waals surface area contributed by atoms with Gasteiger partial charge in [-0.25, -0.2) is 0 Å². The highest BCUT2D eigenvalue weighted by Crippen LogP contribution is 2.46. The smallest absolute Gasteiger partial charge is 0.387 e. The molecule has 0 radical (unpaired) electrons. The fourth-order valence-electron chi connectivity index (χ4n) is 2.51. The molecule has 0 unspecified atom stereocenters. The second kappa shape index (κ2) is 8.78. The van der Waals surface area contributed by atoms with Gasteiger partial charge in [-0.15, -0.1) is 0 Å². The number of halogens is 8. The first-order valence-electron chi connectivity index (χ1n) is 7.41. The van der Waals surface area contributed by atoms with Gasteiger partial charge in [0.05, 0.1) is 30.1 Å². The molecule has 28 heavy (non-hydrogen) atoms. The lowest BCUT2D eigenvalue weighted by Gasteiger charge is -2.17. The summed E-state index contributed by atoms with van der Waals surface area (Å²) < 4.78 is 31.2. The summed E-state index contributed by atoms with van der Waals surface area (Å²) in [6, 6.07) is 5.65. The molecule has 3 aromatic rings. The molecule has 0 bridgehead atoms. The van der Waals surface area contributed by atoms with Crippen LogP contribution in [0.1, 0.15) is 0 Å². The lowest BCUT2D eigenvalue weighted by molar-refractivity contribution is -0.0491. The van der Waals surface area contributed by atoms with Gasteiger partial charge in [-0.2, -0.15) is 8.78 Å². The van der Waals surface area contributed by atoms with Crippen molar-refractivity contribution in [3.05, 3.63) is 66.8 Å². The van der Waals surface area contributed by atoms with Crippen molar-refractivity contribution in [2.24, 2.45) is 0 Å². The Hall–Kier alpha value is -1.01. The van der Waals surface area contributed by atoms with E-state index in [9.17, 15) is 8.78 Å². The maximum absolute atomic E-state index is 13.2. The van der Waals surface area contributed by atoms with Crippen LogP contribution >= 0.6 is 69.6 Å². The maximum atomic E-state index is 13.2. The van der Waals surface area contributed by atoms with Gasteiger partial charge in [0.1, 0.15) is 5.75 Å². The van der Waals surface area contributed by atoms with E-state index in [2.05, 4.69) is 4.98 Å². The van der Waals surface area contributed by atoms with Gasteiger partial charge in [0.25, 0.3) is 0 Å². The molecule has 1 aromatic heterocycles. The average Bonchev–Trinajstić information content (AvgIpc) is 2.61. The summed E-state index contributed by atoms with van der Waals surface area (Å²) in [5, 5.41) is 1.14. The van der Waals surface area contributed by atoms with E-state index in [1.165, 1.54) is 36.7 Å². The SMILES string of the molecule is FC(F)Oc1c(-c2cc(Cl)c(Cl)cc2Cl)cncc1-c1cc(Cl)c(Cl)cc1Cl. The van der Waals surface area contributed by atoms with Gasteiger partial charge in [0, 0.05) is 34.6 Å². The molecule has 2 aromatic carbocycles. The third kappa shape index (κ3) is 4.43. The van der Waals surface area contributed by atoms with Crippen molar-refractivity contribution in [3.8, 4) is 28.0 Å². The number of alkyl halides is 2. The summed E-state index contributed by atoms with van der Waals surface area (Å²) in [7, 11) is 0. The van der Waals surface area contributed by atoms with E-state index in [1.54, 1.807) is 0 Å². The van der Waals surface area contributed by atoms with Crippen LogP contribution < -0.4 is 4.74 Å². The number of hydrogen-bond donors (Lipinski definition) is 0. The van der Waals surface area contributed by atoms with E-state index in [4.69, 9.17) is 74.3 Å².